The van der Waals surface area contributed by atoms with Gasteiger partial charge < -0.3 is 15.1 Å². The van der Waals surface area contributed by atoms with Crippen LogP contribution < -0.4 is 10.6 Å². The smallest absolute Gasteiger partial charge is 0.315 e. The molecule has 0 aliphatic carbocycles. The molecular formula is C11H18N2O2S. The quantitative estimate of drug-likeness (QED) is 0.753. The second-order valence-electron chi connectivity index (χ2n) is 3.52. The summed E-state index contributed by atoms with van der Waals surface area (Å²) >= 11 is 1.78. The molecule has 2 amide bonds. The highest BCUT2D eigenvalue weighted by atomic mass is 32.2. The van der Waals surface area contributed by atoms with Gasteiger partial charge in [-0.05, 0) is 31.4 Å². The maximum atomic E-state index is 11.5. The number of hydrogen-bond acceptors (Lipinski definition) is 3. The Kier molecular flexibility index (Phi) is 5.85. The molecule has 2 N–H and O–H groups in total. The third-order valence-corrected chi connectivity index (χ3v) is 2.90. The standard InChI is InChI=1S/C11H18N2O2S/c1-9(10-4-6-15-8-10)13-11(14)12-5-3-7-16-2/h4,6,8-9H,3,5,7H2,1-2H3,(H2,12,13,14). The Bertz CT molecular complexity index is 301. The summed E-state index contributed by atoms with van der Waals surface area (Å²) in [6, 6.07) is 1.69. The summed E-state index contributed by atoms with van der Waals surface area (Å²) in [6.45, 7) is 2.64. The summed E-state index contributed by atoms with van der Waals surface area (Å²) in [7, 11) is 0. The minimum atomic E-state index is -0.130. The SMILES string of the molecule is CSCCCNC(=O)NC(C)c1ccoc1. The zero-order chi connectivity index (χ0) is 11.8. The van der Waals surface area contributed by atoms with Crippen LogP contribution in [-0.2, 0) is 0 Å². The van der Waals surface area contributed by atoms with E-state index in [2.05, 4.69) is 16.9 Å². The normalized spacial score (nSPS) is 12.1. The van der Waals surface area contributed by atoms with Crippen LogP contribution in [0.1, 0.15) is 24.9 Å². The van der Waals surface area contributed by atoms with Crippen LogP contribution in [0.2, 0.25) is 0 Å². The lowest BCUT2D eigenvalue weighted by Crippen LogP contribution is -2.37. The number of furan rings is 1. The van der Waals surface area contributed by atoms with Gasteiger partial charge in [0.15, 0.2) is 0 Å². The van der Waals surface area contributed by atoms with Gasteiger partial charge in [-0.3, -0.25) is 0 Å². The first-order valence-corrected chi connectivity index (χ1v) is 6.69. The van der Waals surface area contributed by atoms with Crippen LogP contribution in [0, 0.1) is 0 Å². The summed E-state index contributed by atoms with van der Waals surface area (Å²) in [5.41, 5.74) is 0.972. The third-order valence-electron chi connectivity index (χ3n) is 2.20. The van der Waals surface area contributed by atoms with Crippen LogP contribution >= 0.6 is 11.8 Å². The number of thioether (sulfide) groups is 1. The number of urea groups is 1. The first-order chi connectivity index (χ1) is 7.74. The van der Waals surface area contributed by atoms with Gasteiger partial charge in [-0.15, -0.1) is 0 Å². The van der Waals surface area contributed by atoms with Crippen molar-refractivity contribution >= 4 is 17.8 Å². The third kappa shape index (κ3) is 4.61. The van der Waals surface area contributed by atoms with Gasteiger partial charge in [-0.1, -0.05) is 0 Å². The molecule has 1 aromatic heterocycles. The molecule has 0 aliphatic heterocycles. The van der Waals surface area contributed by atoms with Gasteiger partial charge in [0.2, 0.25) is 0 Å². The van der Waals surface area contributed by atoms with Gasteiger partial charge in [-0.25, -0.2) is 4.79 Å². The highest BCUT2D eigenvalue weighted by molar-refractivity contribution is 7.98. The molecule has 0 aromatic carbocycles. The molecule has 1 unspecified atom stereocenters. The molecule has 0 aliphatic rings. The van der Waals surface area contributed by atoms with E-state index in [9.17, 15) is 4.79 Å². The summed E-state index contributed by atoms with van der Waals surface area (Å²) < 4.78 is 4.96. The first kappa shape index (κ1) is 13.0. The van der Waals surface area contributed by atoms with Crippen LogP contribution in [0.4, 0.5) is 4.79 Å². The lowest BCUT2D eigenvalue weighted by atomic mass is 10.2. The zero-order valence-corrected chi connectivity index (χ0v) is 10.5. The van der Waals surface area contributed by atoms with Crippen LogP contribution in [0.5, 0.6) is 0 Å². The predicted octanol–water partition coefficient (Wildman–Crippen LogP) is 2.39. The van der Waals surface area contributed by atoms with Gasteiger partial charge in [0.1, 0.15) is 0 Å². The van der Waals surface area contributed by atoms with Crippen molar-refractivity contribution in [3.8, 4) is 0 Å². The number of carbonyl (C=O) groups excluding carboxylic acids is 1. The molecule has 0 spiro atoms. The second kappa shape index (κ2) is 7.22. The lowest BCUT2D eigenvalue weighted by molar-refractivity contribution is 0.238. The summed E-state index contributed by atoms with van der Waals surface area (Å²) in [5, 5.41) is 5.66. The molecule has 0 fully saturated rings. The van der Waals surface area contributed by atoms with E-state index >= 15 is 0 Å². The molecule has 0 bridgehead atoms. The fourth-order valence-corrected chi connectivity index (χ4v) is 1.70. The summed E-state index contributed by atoms with van der Waals surface area (Å²) in [4.78, 5) is 11.5. The van der Waals surface area contributed by atoms with E-state index in [0.29, 0.717) is 6.54 Å². The van der Waals surface area contributed by atoms with E-state index in [0.717, 1.165) is 17.7 Å². The minimum Gasteiger partial charge on any atom is -0.472 e. The average Bonchev–Trinajstić information content (AvgIpc) is 2.77. The number of rotatable bonds is 6. The predicted molar refractivity (Wildman–Crippen MR) is 66.7 cm³/mol. The van der Waals surface area contributed by atoms with Crippen molar-refractivity contribution in [3.05, 3.63) is 24.2 Å². The van der Waals surface area contributed by atoms with Crippen molar-refractivity contribution in [2.45, 2.75) is 19.4 Å². The summed E-state index contributed by atoms with van der Waals surface area (Å²) in [6.07, 6.45) is 6.29. The highest BCUT2D eigenvalue weighted by Crippen LogP contribution is 2.11. The van der Waals surface area contributed by atoms with Crippen molar-refractivity contribution in [3.63, 3.8) is 0 Å². The molecule has 1 rings (SSSR count). The Morgan fingerprint density at radius 2 is 2.44 bits per heavy atom. The molecule has 1 atom stereocenters. The van der Waals surface area contributed by atoms with E-state index in [1.807, 2.05) is 13.0 Å². The maximum Gasteiger partial charge on any atom is 0.315 e. The Balaban J connectivity index is 2.19. The van der Waals surface area contributed by atoms with Gasteiger partial charge in [0.05, 0.1) is 18.6 Å². The Morgan fingerprint density at radius 1 is 1.62 bits per heavy atom. The fraction of sp³-hybridized carbons (Fsp3) is 0.545. The molecule has 90 valence electrons. The maximum absolute atomic E-state index is 11.5. The molecule has 0 radical (unpaired) electrons. The van der Waals surface area contributed by atoms with Crippen molar-refractivity contribution in [1.82, 2.24) is 10.6 Å². The molecule has 0 saturated carbocycles. The Morgan fingerprint density at radius 3 is 3.06 bits per heavy atom. The van der Waals surface area contributed by atoms with Crippen LogP contribution in [0.3, 0.4) is 0 Å². The molecule has 5 heteroatoms. The minimum absolute atomic E-state index is 0.0284. The largest absolute Gasteiger partial charge is 0.472 e. The van der Waals surface area contributed by atoms with Crippen molar-refractivity contribution in [2.75, 3.05) is 18.6 Å². The van der Waals surface area contributed by atoms with E-state index < -0.39 is 0 Å². The van der Waals surface area contributed by atoms with Gasteiger partial charge >= 0.3 is 6.03 Å². The number of carbonyl (C=O) groups is 1. The number of hydrogen-bond donors (Lipinski definition) is 2. The van der Waals surface area contributed by atoms with Crippen molar-refractivity contribution in [2.24, 2.45) is 0 Å². The number of amides is 2. The molecule has 1 heterocycles. The van der Waals surface area contributed by atoms with Gasteiger partial charge in [0.25, 0.3) is 0 Å². The van der Waals surface area contributed by atoms with Gasteiger partial charge in [0, 0.05) is 12.1 Å². The number of nitrogens with one attached hydrogen (secondary N) is 2. The Hall–Kier alpha value is -1.10. The Labute approximate surface area is 100 Å². The average molecular weight is 242 g/mol. The summed E-state index contributed by atoms with van der Waals surface area (Å²) in [5.74, 6) is 1.07. The molecule has 0 saturated heterocycles. The van der Waals surface area contributed by atoms with E-state index in [1.54, 1.807) is 24.3 Å². The monoisotopic (exact) mass is 242 g/mol. The zero-order valence-electron chi connectivity index (χ0n) is 9.66. The molecule has 1 aromatic rings. The fourth-order valence-electron chi connectivity index (χ4n) is 1.27. The highest BCUT2D eigenvalue weighted by Gasteiger charge is 2.09. The molecule has 16 heavy (non-hydrogen) atoms. The van der Waals surface area contributed by atoms with Crippen LogP contribution in [-0.4, -0.2) is 24.6 Å². The topological polar surface area (TPSA) is 54.3 Å². The first-order valence-electron chi connectivity index (χ1n) is 5.29. The lowest BCUT2D eigenvalue weighted by Gasteiger charge is -2.12. The second-order valence-corrected chi connectivity index (χ2v) is 4.51. The van der Waals surface area contributed by atoms with Crippen LogP contribution in [0.25, 0.3) is 0 Å². The van der Waals surface area contributed by atoms with Crippen LogP contribution in [0.15, 0.2) is 23.0 Å². The molecule has 4 nitrogen and oxygen atoms in total. The van der Waals surface area contributed by atoms with E-state index in [4.69, 9.17) is 4.42 Å². The molecular weight excluding hydrogens is 224 g/mol. The van der Waals surface area contributed by atoms with Gasteiger partial charge in [-0.2, -0.15) is 11.8 Å². The van der Waals surface area contributed by atoms with Crippen molar-refractivity contribution in [1.29, 1.82) is 0 Å². The van der Waals surface area contributed by atoms with E-state index in [-0.39, 0.29) is 12.1 Å². The van der Waals surface area contributed by atoms with Crippen molar-refractivity contribution < 1.29 is 9.21 Å². The van der Waals surface area contributed by atoms with E-state index in [1.165, 1.54) is 0 Å².